The fraction of sp³-hybridized carbons (Fsp3) is 0.944. The van der Waals surface area contributed by atoms with Gasteiger partial charge >= 0.3 is 66.5 Å². The third-order valence-corrected chi connectivity index (χ3v) is 5.60. The van der Waals surface area contributed by atoms with E-state index in [0.29, 0.717) is 6.42 Å². The number of halogens is 23. The first-order valence-electron chi connectivity index (χ1n) is 11.1. The highest BCUT2D eigenvalue weighted by Gasteiger charge is 2.88. The first kappa shape index (κ1) is 41.8. The van der Waals surface area contributed by atoms with Crippen molar-refractivity contribution in [2.24, 2.45) is 0 Å². The molecule has 3 unspecified atom stereocenters. The number of amides is 1. The summed E-state index contributed by atoms with van der Waals surface area (Å²) in [5, 5.41) is 0.963. The van der Waals surface area contributed by atoms with Crippen molar-refractivity contribution < 1.29 is 120 Å². The van der Waals surface area contributed by atoms with E-state index in [4.69, 9.17) is 0 Å². The summed E-state index contributed by atoms with van der Waals surface area (Å²) in [7, 11) is 0. The van der Waals surface area contributed by atoms with E-state index < -0.39 is 78.5 Å². The van der Waals surface area contributed by atoms with Gasteiger partial charge in [0.25, 0.3) is 5.91 Å². The quantitative estimate of drug-likeness (QED) is 0.217. The van der Waals surface area contributed by atoms with Gasteiger partial charge in [-0.1, -0.05) is 19.3 Å². The third-order valence-electron chi connectivity index (χ3n) is 5.60. The number of alkyl halides is 23. The Bertz CT molecular complexity index is 1080. The van der Waals surface area contributed by atoms with Crippen molar-refractivity contribution in [3.8, 4) is 0 Å². The molecule has 0 bridgehead atoms. The van der Waals surface area contributed by atoms with E-state index in [-0.39, 0.29) is 25.7 Å². The van der Waals surface area contributed by atoms with Crippen LogP contribution in [0.25, 0.3) is 0 Å². The lowest BCUT2D eigenvalue weighted by Gasteiger charge is -2.42. The minimum Gasteiger partial charge on any atom is -0.348 e. The van der Waals surface area contributed by atoms with Gasteiger partial charge in [-0.2, -0.15) is 101 Å². The van der Waals surface area contributed by atoms with Crippen LogP contribution in [0.15, 0.2) is 0 Å². The zero-order chi connectivity index (χ0) is 37.0. The van der Waals surface area contributed by atoms with E-state index in [9.17, 15) is 106 Å². The highest BCUT2D eigenvalue weighted by atomic mass is 19.4. The largest absolute Gasteiger partial charge is 0.462 e. The summed E-state index contributed by atoms with van der Waals surface area (Å²) in [6.07, 6.45) is -57.8. The molecule has 1 amide bonds. The molecule has 0 aromatic rings. The smallest absolute Gasteiger partial charge is 0.348 e. The summed E-state index contributed by atoms with van der Waals surface area (Å²) in [6.45, 7) is 0. The maximum Gasteiger partial charge on any atom is 0.462 e. The van der Waals surface area contributed by atoms with Gasteiger partial charge in [0, 0.05) is 6.04 Å². The highest BCUT2D eigenvalue weighted by molar-refractivity contribution is 5.84. The monoisotopic (exact) mass is 743 g/mol. The number of carbonyl (C=O) groups excluding carboxylic acids is 1. The molecule has 0 saturated heterocycles. The molecule has 1 saturated carbocycles. The van der Waals surface area contributed by atoms with Gasteiger partial charge in [0.05, 0.1) is 0 Å². The van der Waals surface area contributed by atoms with Crippen LogP contribution in [0, 0.1) is 0 Å². The summed E-state index contributed by atoms with van der Waals surface area (Å²) >= 11 is 0. The Morgan fingerprint density at radius 2 is 0.804 bits per heavy atom. The number of rotatable bonds is 11. The molecule has 28 heteroatoms. The van der Waals surface area contributed by atoms with Gasteiger partial charge in [0.1, 0.15) is 0 Å². The van der Waals surface area contributed by atoms with Crippen LogP contribution in [0.3, 0.4) is 0 Å². The predicted octanol–water partition coefficient (Wildman–Crippen LogP) is 8.15. The Morgan fingerprint density at radius 1 is 0.457 bits per heavy atom. The second-order valence-corrected chi connectivity index (χ2v) is 9.02. The van der Waals surface area contributed by atoms with Crippen molar-refractivity contribution in [1.29, 1.82) is 0 Å². The number of nitrogens with one attached hydrogen (secondary N) is 1. The lowest BCUT2D eigenvalue weighted by Crippen LogP contribution is -2.71. The van der Waals surface area contributed by atoms with Crippen LogP contribution in [-0.4, -0.2) is 78.5 Å². The average molecular weight is 743 g/mol. The molecule has 1 aliphatic rings. The molecule has 46 heavy (non-hydrogen) atoms. The molecule has 0 radical (unpaired) electrons. The van der Waals surface area contributed by atoms with Gasteiger partial charge in [0.15, 0.2) is 0 Å². The second kappa shape index (κ2) is 12.0. The van der Waals surface area contributed by atoms with Gasteiger partial charge in [-0.05, 0) is 12.8 Å². The standard InChI is InChI=1S/C18H12F23NO4/c19-8(12(24,25)26,7(43)42-6-4-2-1-3-5-6)44-17(38,39)10(22,14(30,31)32)46-18(40,41)11(23,15(33,34)35)45-16(36,37)9(20,21)13(27,28)29/h6H,1-5H2,(H,42,43). The molecular weight excluding hydrogens is 731 g/mol. The summed E-state index contributed by atoms with van der Waals surface area (Å²) in [6, 6.07) is -1.61. The predicted molar refractivity (Wildman–Crippen MR) is 93.8 cm³/mol. The highest BCUT2D eigenvalue weighted by Crippen LogP contribution is 2.59. The van der Waals surface area contributed by atoms with Crippen LogP contribution in [0.1, 0.15) is 32.1 Å². The van der Waals surface area contributed by atoms with Crippen molar-refractivity contribution in [3.05, 3.63) is 0 Å². The minimum atomic E-state index is -8.73. The van der Waals surface area contributed by atoms with Crippen molar-refractivity contribution in [2.75, 3.05) is 0 Å². The number of ether oxygens (including phenoxy) is 3. The van der Waals surface area contributed by atoms with Crippen LogP contribution < -0.4 is 5.32 Å². The molecular formula is C18H12F23NO4. The van der Waals surface area contributed by atoms with Gasteiger partial charge in [-0.25, -0.2) is 0 Å². The van der Waals surface area contributed by atoms with Crippen LogP contribution in [0.5, 0.6) is 0 Å². The Balaban J connectivity index is 3.79. The molecule has 0 aromatic carbocycles. The first-order valence-corrected chi connectivity index (χ1v) is 11.1. The maximum absolute atomic E-state index is 14.6. The van der Waals surface area contributed by atoms with Crippen molar-refractivity contribution in [3.63, 3.8) is 0 Å². The molecule has 1 fully saturated rings. The van der Waals surface area contributed by atoms with E-state index in [2.05, 4.69) is 0 Å². The molecule has 3 atom stereocenters. The Labute approximate surface area is 237 Å². The van der Waals surface area contributed by atoms with Gasteiger partial charge in [-0.15, -0.1) is 0 Å². The fourth-order valence-electron chi connectivity index (χ4n) is 3.21. The van der Waals surface area contributed by atoms with E-state index in [1.807, 2.05) is 4.74 Å². The van der Waals surface area contributed by atoms with Crippen molar-refractivity contribution in [2.45, 2.75) is 105 Å². The maximum atomic E-state index is 14.6. The zero-order valence-corrected chi connectivity index (χ0v) is 20.9. The molecule has 1 N–H and O–H groups in total. The van der Waals surface area contributed by atoms with E-state index in [1.54, 1.807) is 0 Å². The third kappa shape index (κ3) is 7.40. The Kier molecular flexibility index (Phi) is 10.9. The molecule has 0 aliphatic heterocycles. The SMILES string of the molecule is O=C(NC1CCCCC1)C(F)(OC(F)(F)C(F)(OC(F)(F)C(F)(OC(F)(F)C(F)(F)C(F)(F)F)C(F)(F)F)C(F)(F)F)C(F)(F)F. The van der Waals surface area contributed by atoms with Gasteiger partial charge < -0.3 is 5.32 Å². The van der Waals surface area contributed by atoms with Crippen LogP contribution >= 0.6 is 0 Å². The van der Waals surface area contributed by atoms with Crippen molar-refractivity contribution in [1.82, 2.24) is 5.32 Å². The molecule has 1 aliphatic carbocycles. The average Bonchev–Trinajstić information content (AvgIpc) is 2.80. The summed E-state index contributed by atoms with van der Waals surface area (Å²) in [5.74, 6) is -36.0. The number of hydrogen-bond acceptors (Lipinski definition) is 4. The van der Waals surface area contributed by atoms with Crippen molar-refractivity contribution >= 4 is 5.91 Å². The Morgan fingerprint density at radius 3 is 1.13 bits per heavy atom. The fourth-order valence-corrected chi connectivity index (χ4v) is 3.21. The van der Waals surface area contributed by atoms with Gasteiger partial charge in [-0.3, -0.25) is 19.0 Å². The van der Waals surface area contributed by atoms with Gasteiger partial charge in [0.2, 0.25) is 0 Å². The molecule has 5 nitrogen and oxygen atoms in total. The van der Waals surface area contributed by atoms with E-state index in [0.717, 1.165) is 10.1 Å². The molecule has 0 heterocycles. The lowest BCUT2D eigenvalue weighted by atomic mass is 9.95. The number of carbonyl (C=O) groups is 1. The second-order valence-electron chi connectivity index (χ2n) is 9.02. The molecule has 0 aromatic heterocycles. The molecule has 0 spiro atoms. The lowest BCUT2D eigenvalue weighted by molar-refractivity contribution is -0.577. The minimum absolute atomic E-state index is 0.0259. The molecule has 1 rings (SSSR count). The van der Waals surface area contributed by atoms with Crippen LogP contribution in [-0.2, 0) is 19.0 Å². The number of hydrogen-bond donors (Lipinski definition) is 1. The zero-order valence-electron chi connectivity index (χ0n) is 20.9. The Hall–Kier alpha value is -2.26. The summed E-state index contributed by atoms with van der Waals surface area (Å²) < 4.78 is 311. The van der Waals surface area contributed by atoms with Crippen LogP contribution in [0.2, 0.25) is 0 Å². The van der Waals surface area contributed by atoms with E-state index >= 15 is 0 Å². The topological polar surface area (TPSA) is 56.8 Å². The normalized spacial score (nSPS) is 21.3. The summed E-state index contributed by atoms with van der Waals surface area (Å²) in [5.41, 5.74) is 0. The molecule has 274 valence electrons. The van der Waals surface area contributed by atoms with Crippen LogP contribution in [0.4, 0.5) is 101 Å². The van der Waals surface area contributed by atoms with E-state index in [1.165, 1.54) is 4.74 Å². The first-order chi connectivity index (χ1) is 19.9. The summed E-state index contributed by atoms with van der Waals surface area (Å²) in [4.78, 5) is 11.8.